The molecule has 8 nitrogen and oxygen atoms in total. The van der Waals surface area contributed by atoms with Gasteiger partial charge in [-0.1, -0.05) is 6.92 Å². The van der Waals surface area contributed by atoms with Crippen molar-refractivity contribution in [1.29, 1.82) is 0 Å². The average molecular weight is 461 g/mol. The second-order valence-electron chi connectivity index (χ2n) is 7.55. The van der Waals surface area contributed by atoms with Gasteiger partial charge in [0, 0.05) is 11.6 Å². The fourth-order valence-corrected chi connectivity index (χ4v) is 4.23. The van der Waals surface area contributed by atoms with Crippen molar-refractivity contribution < 1.29 is 22.0 Å². The van der Waals surface area contributed by atoms with Crippen LogP contribution in [0, 0.1) is 17.6 Å². The zero-order valence-electron chi connectivity index (χ0n) is 17.2. The molecule has 11 heteroatoms. The van der Waals surface area contributed by atoms with E-state index >= 15 is 0 Å². The Kier molecular flexibility index (Phi) is 5.92. The van der Waals surface area contributed by atoms with Gasteiger partial charge in [-0.15, -0.1) is 0 Å². The van der Waals surface area contributed by atoms with Crippen LogP contribution in [0.5, 0.6) is 0 Å². The molecule has 0 aliphatic heterocycles. The Morgan fingerprint density at radius 3 is 2.66 bits per heavy atom. The number of halogens is 2. The average Bonchev–Trinajstić information content (AvgIpc) is 3.58. The second kappa shape index (κ2) is 8.65. The second-order valence-corrected chi connectivity index (χ2v) is 9.39. The van der Waals surface area contributed by atoms with Crippen LogP contribution in [-0.2, 0) is 14.8 Å². The summed E-state index contributed by atoms with van der Waals surface area (Å²) in [4.78, 5) is 20.5. The third kappa shape index (κ3) is 4.93. The lowest BCUT2D eigenvalue weighted by Crippen LogP contribution is -2.17. The summed E-state index contributed by atoms with van der Waals surface area (Å²) in [5, 5.41) is 5.34. The summed E-state index contributed by atoms with van der Waals surface area (Å²) in [6, 6.07) is 6.71. The molecular weight excluding hydrogens is 440 g/mol. The van der Waals surface area contributed by atoms with Gasteiger partial charge in [-0.05, 0) is 49.6 Å². The highest BCUT2D eigenvalue weighted by Gasteiger charge is 2.29. The Hall–Kier alpha value is -3.34. The minimum atomic E-state index is -3.75. The molecule has 0 unspecified atom stereocenters. The topological polar surface area (TPSA) is 113 Å². The van der Waals surface area contributed by atoms with Gasteiger partial charge in [0.15, 0.2) is 11.6 Å². The molecule has 0 spiro atoms. The molecule has 1 fully saturated rings. The highest BCUT2D eigenvalue weighted by Crippen LogP contribution is 2.31. The van der Waals surface area contributed by atoms with E-state index in [1.165, 1.54) is 12.3 Å². The highest BCUT2D eigenvalue weighted by atomic mass is 32.2. The standard InChI is InChI=1S/C21H21F2N5O3S/c1-2-9-32(30,31)28-16-8-6-14(22)20(19(16)23)25-13-5-7-15-17(10-13)26-18(11-24-15)27-21(29)12-3-4-12/h5-8,10-12,25,28H,2-4,9H2,1H3,(H,26,27,29). The van der Waals surface area contributed by atoms with Crippen molar-refractivity contribution in [3.8, 4) is 0 Å². The lowest BCUT2D eigenvalue weighted by molar-refractivity contribution is -0.117. The van der Waals surface area contributed by atoms with E-state index in [2.05, 4.69) is 25.3 Å². The van der Waals surface area contributed by atoms with Gasteiger partial charge in [-0.2, -0.15) is 0 Å². The van der Waals surface area contributed by atoms with Gasteiger partial charge in [0.25, 0.3) is 0 Å². The van der Waals surface area contributed by atoms with Gasteiger partial charge < -0.3 is 10.6 Å². The van der Waals surface area contributed by atoms with Crippen LogP contribution in [0.1, 0.15) is 26.2 Å². The summed E-state index contributed by atoms with van der Waals surface area (Å²) in [7, 11) is -3.75. The molecule has 1 aliphatic carbocycles. The molecule has 0 atom stereocenters. The lowest BCUT2D eigenvalue weighted by atomic mass is 10.2. The van der Waals surface area contributed by atoms with E-state index in [0.717, 1.165) is 25.0 Å². The van der Waals surface area contributed by atoms with Crippen LogP contribution in [0.2, 0.25) is 0 Å². The maximum atomic E-state index is 14.9. The molecule has 32 heavy (non-hydrogen) atoms. The molecule has 3 aromatic rings. The lowest BCUT2D eigenvalue weighted by Gasteiger charge is -2.14. The molecule has 1 saturated carbocycles. The molecule has 4 rings (SSSR count). The molecule has 0 saturated heterocycles. The third-order valence-corrected chi connectivity index (χ3v) is 6.32. The van der Waals surface area contributed by atoms with E-state index < -0.39 is 27.3 Å². The maximum absolute atomic E-state index is 14.9. The third-order valence-electron chi connectivity index (χ3n) is 4.84. The first kappa shape index (κ1) is 21.9. The molecule has 1 amide bonds. The zero-order chi connectivity index (χ0) is 22.9. The number of hydrogen-bond donors (Lipinski definition) is 3. The van der Waals surface area contributed by atoms with Crippen LogP contribution in [0.3, 0.4) is 0 Å². The van der Waals surface area contributed by atoms with Crippen molar-refractivity contribution in [2.75, 3.05) is 21.1 Å². The first-order valence-corrected chi connectivity index (χ1v) is 11.7. The van der Waals surface area contributed by atoms with Crippen molar-refractivity contribution in [3.05, 3.63) is 48.2 Å². The number of amides is 1. The number of rotatable bonds is 8. The summed E-state index contributed by atoms with van der Waals surface area (Å²) in [5.74, 6) is -1.96. The normalized spacial score (nSPS) is 13.7. The predicted octanol–water partition coefficient (Wildman–Crippen LogP) is 4.15. The molecular formula is C21H21F2N5O3S. The van der Waals surface area contributed by atoms with Crippen molar-refractivity contribution in [2.24, 2.45) is 5.92 Å². The number of fused-ring (bicyclic) bond motifs is 1. The largest absolute Gasteiger partial charge is 0.351 e. The van der Waals surface area contributed by atoms with Crippen LogP contribution in [0.15, 0.2) is 36.5 Å². The molecule has 1 aliphatic rings. The number of sulfonamides is 1. The van der Waals surface area contributed by atoms with Crippen molar-refractivity contribution in [2.45, 2.75) is 26.2 Å². The molecule has 0 bridgehead atoms. The highest BCUT2D eigenvalue weighted by molar-refractivity contribution is 7.92. The van der Waals surface area contributed by atoms with Crippen LogP contribution >= 0.6 is 0 Å². The van der Waals surface area contributed by atoms with E-state index in [1.54, 1.807) is 19.1 Å². The zero-order valence-corrected chi connectivity index (χ0v) is 18.0. The summed E-state index contributed by atoms with van der Waals surface area (Å²) in [6.45, 7) is 1.68. The predicted molar refractivity (Wildman–Crippen MR) is 118 cm³/mol. The number of carbonyl (C=O) groups is 1. The summed E-state index contributed by atoms with van der Waals surface area (Å²) < 4.78 is 55.3. The fourth-order valence-electron chi connectivity index (χ4n) is 3.10. The first-order valence-electron chi connectivity index (χ1n) is 10.1. The number of hydrogen-bond acceptors (Lipinski definition) is 6. The van der Waals surface area contributed by atoms with Gasteiger partial charge in [0.1, 0.15) is 11.5 Å². The summed E-state index contributed by atoms with van der Waals surface area (Å²) in [5.41, 5.74) is 0.384. The van der Waals surface area contributed by atoms with E-state index in [0.29, 0.717) is 23.1 Å². The number of benzene rings is 2. The molecule has 2 aromatic carbocycles. The Balaban J connectivity index is 1.60. The minimum absolute atomic E-state index is 0.00785. The molecule has 0 radical (unpaired) electrons. The molecule has 3 N–H and O–H groups in total. The number of nitrogens with zero attached hydrogens (tertiary/aromatic N) is 2. The fraction of sp³-hybridized carbons (Fsp3) is 0.286. The van der Waals surface area contributed by atoms with E-state index in [1.807, 2.05) is 0 Å². The first-order chi connectivity index (χ1) is 15.3. The number of anilines is 4. The molecule has 1 aromatic heterocycles. The van der Waals surface area contributed by atoms with Gasteiger partial charge in [-0.25, -0.2) is 22.2 Å². The van der Waals surface area contributed by atoms with E-state index in [-0.39, 0.29) is 29.1 Å². The Morgan fingerprint density at radius 1 is 1.16 bits per heavy atom. The van der Waals surface area contributed by atoms with Gasteiger partial charge in [0.2, 0.25) is 15.9 Å². The van der Waals surface area contributed by atoms with Crippen molar-refractivity contribution in [3.63, 3.8) is 0 Å². The number of aromatic nitrogens is 2. The summed E-state index contributed by atoms with van der Waals surface area (Å²) in [6.07, 6.45) is 3.50. The minimum Gasteiger partial charge on any atom is -0.351 e. The van der Waals surface area contributed by atoms with Gasteiger partial charge in [0.05, 0.1) is 28.7 Å². The monoisotopic (exact) mass is 461 g/mol. The van der Waals surface area contributed by atoms with Crippen LogP contribution < -0.4 is 15.4 Å². The van der Waals surface area contributed by atoms with E-state index in [9.17, 15) is 22.0 Å². The van der Waals surface area contributed by atoms with Crippen LogP contribution in [0.4, 0.5) is 31.7 Å². The van der Waals surface area contributed by atoms with Gasteiger partial charge in [-0.3, -0.25) is 14.5 Å². The van der Waals surface area contributed by atoms with Gasteiger partial charge >= 0.3 is 0 Å². The number of carbonyl (C=O) groups excluding carboxylic acids is 1. The summed E-state index contributed by atoms with van der Waals surface area (Å²) >= 11 is 0. The SMILES string of the molecule is CCCS(=O)(=O)Nc1ccc(F)c(Nc2ccc3ncc(NC(=O)C4CC4)nc3c2)c1F. The van der Waals surface area contributed by atoms with Crippen LogP contribution in [0.25, 0.3) is 11.0 Å². The Bertz CT molecular complexity index is 1300. The maximum Gasteiger partial charge on any atom is 0.232 e. The van der Waals surface area contributed by atoms with E-state index in [4.69, 9.17) is 0 Å². The van der Waals surface area contributed by atoms with Crippen LogP contribution in [-0.4, -0.2) is 30.0 Å². The van der Waals surface area contributed by atoms with Crippen molar-refractivity contribution >= 4 is 49.8 Å². The molecule has 168 valence electrons. The Morgan fingerprint density at radius 2 is 1.94 bits per heavy atom. The Labute approximate surface area is 183 Å². The smallest absolute Gasteiger partial charge is 0.232 e. The quantitative estimate of drug-likeness (QED) is 0.464. The van der Waals surface area contributed by atoms with Crippen molar-refractivity contribution in [1.82, 2.24) is 9.97 Å². The molecule has 1 heterocycles. The number of nitrogens with one attached hydrogen (secondary N) is 3.